The maximum absolute atomic E-state index is 12.7. The molecule has 1 aromatic rings. The van der Waals surface area contributed by atoms with Crippen molar-refractivity contribution in [3.05, 3.63) is 17.3 Å². The quantitative estimate of drug-likeness (QED) is 0.790. The number of halogens is 3. The molecule has 0 aliphatic rings. The molecule has 0 saturated heterocycles. The molecule has 0 unspecified atom stereocenters. The number of hydrogen-bond donors (Lipinski definition) is 0. The number of methoxy groups -OCH3 is 1. The van der Waals surface area contributed by atoms with Crippen LogP contribution in [0.4, 0.5) is 8.78 Å². The van der Waals surface area contributed by atoms with Gasteiger partial charge in [0, 0.05) is 16.9 Å². The largest absolute Gasteiger partial charge is 0.493 e. The van der Waals surface area contributed by atoms with Crippen molar-refractivity contribution in [3.8, 4) is 11.8 Å². The predicted molar refractivity (Wildman–Crippen MR) is 53.5 cm³/mol. The van der Waals surface area contributed by atoms with E-state index in [1.807, 2.05) is 0 Å². The molecule has 0 aliphatic heterocycles. The average molecular weight is 283 g/mol. The molecule has 0 aliphatic carbocycles. The third-order valence-electron chi connectivity index (χ3n) is 1.81. The molecule has 5 nitrogen and oxygen atoms in total. The second-order valence-electron chi connectivity index (χ2n) is 2.77. The number of nitrogens with zero attached hydrogens (tertiary/aromatic N) is 2. The smallest absolute Gasteiger partial charge is 0.282 e. The Morgan fingerprint density at radius 1 is 1.59 bits per heavy atom. The van der Waals surface area contributed by atoms with Crippen LogP contribution in [0.3, 0.4) is 0 Å². The van der Waals surface area contributed by atoms with Gasteiger partial charge >= 0.3 is 0 Å². The van der Waals surface area contributed by atoms with Crippen molar-refractivity contribution in [3.63, 3.8) is 0 Å². The molecule has 92 valence electrons. The number of aromatic nitrogens is 1. The highest BCUT2D eigenvalue weighted by Gasteiger charge is 2.28. The predicted octanol–water partition coefficient (Wildman–Crippen LogP) is 1.83. The second kappa shape index (κ2) is 4.81. The van der Waals surface area contributed by atoms with Crippen molar-refractivity contribution >= 4 is 19.7 Å². The Hall–Kier alpha value is -1.46. The standard InChI is InChI=1S/C8H5ClF2N2O3S/c1-16-6-5(7(10)11)4(2-12)3-13-8(6)17(9,14)15/h3,7H,1H3. The summed E-state index contributed by atoms with van der Waals surface area (Å²) >= 11 is 0. The molecule has 0 atom stereocenters. The summed E-state index contributed by atoms with van der Waals surface area (Å²) in [5.74, 6) is -0.714. The average Bonchev–Trinajstić information content (AvgIpc) is 2.25. The summed E-state index contributed by atoms with van der Waals surface area (Å²) in [7, 11) is 1.67. The summed E-state index contributed by atoms with van der Waals surface area (Å²) in [6.07, 6.45) is -2.38. The Balaban J connectivity index is 3.72. The maximum atomic E-state index is 12.7. The van der Waals surface area contributed by atoms with Gasteiger partial charge in [-0.25, -0.2) is 22.2 Å². The number of alkyl halides is 2. The van der Waals surface area contributed by atoms with E-state index in [2.05, 4.69) is 9.72 Å². The minimum atomic E-state index is -4.33. The Morgan fingerprint density at radius 3 is 2.53 bits per heavy atom. The van der Waals surface area contributed by atoms with Crippen molar-refractivity contribution in [2.75, 3.05) is 7.11 Å². The molecule has 0 N–H and O–H groups in total. The van der Waals surface area contributed by atoms with Crippen LogP contribution in [0.1, 0.15) is 17.6 Å². The maximum Gasteiger partial charge on any atom is 0.282 e. The van der Waals surface area contributed by atoms with Crippen LogP contribution < -0.4 is 4.74 Å². The number of nitriles is 1. The molecule has 17 heavy (non-hydrogen) atoms. The lowest BCUT2D eigenvalue weighted by atomic mass is 10.1. The molecular formula is C8H5ClF2N2O3S. The van der Waals surface area contributed by atoms with Gasteiger partial charge in [-0.2, -0.15) is 5.26 Å². The van der Waals surface area contributed by atoms with Crippen molar-refractivity contribution in [1.82, 2.24) is 4.98 Å². The summed E-state index contributed by atoms with van der Waals surface area (Å²) in [6, 6.07) is 1.47. The van der Waals surface area contributed by atoms with Gasteiger partial charge in [-0.15, -0.1) is 0 Å². The van der Waals surface area contributed by atoms with Gasteiger partial charge in [0.05, 0.1) is 18.2 Å². The van der Waals surface area contributed by atoms with Crippen LogP contribution in [0.2, 0.25) is 0 Å². The Labute approximate surface area is 100 Å². The first-order valence-corrected chi connectivity index (χ1v) is 6.33. The fourth-order valence-electron chi connectivity index (χ4n) is 1.17. The van der Waals surface area contributed by atoms with Gasteiger partial charge in [0.15, 0.2) is 5.75 Å². The molecule has 0 fully saturated rings. The van der Waals surface area contributed by atoms with E-state index in [1.54, 1.807) is 0 Å². The number of ether oxygens (including phenoxy) is 1. The van der Waals surface area contributed by atoms with Gasteiger partial charge in [-0.1, -0.05) is 0 Å². The fourth-order valence-corrected chi connectivity index (χ4v) is 2.09. The van der Waals surface area contributed by atoms with E-state index in [-0.39, 0.29) is 0 Å². The molecule has 1 heterocycles. The van der Waals surface area contributed by atoms with E-state index in [0.29, 0.717) is 6.20 Å². The zero-order valence-electron chi connectivity index (χ0n) is 8.32. The minimum absolute atomic E-state index is 0.471. The third-order valence-corrected chi connectivity index (χ3v) is 3.00. The van der Waals surface area contributed by atoms with E-state index >= 15 is 0 Å². The first kappa shape index (κ1) is 13.6. The number of pyridine rings is 1. The molecule has 0 bridgehead atoms. The van der Waals surface area contributed by atoms with Crippen molar-refractivity contribution in [2.45, 2.75) is 11.5 Å². The van der Waals surface area contributed by atoms with Crippen LogP contribution >= 0.6 is 10.7 Å². The molecule has 0 amide bonds. The molecule has 0 aromatic carbocycles. The van der Waals surface area contributed by atoms with Crippen LogP contribution in [0, 0.1) is 11.3 Å². The third kappa shape index (κ3) is 2.62. The van der Waals surface area contributed by atoms with Crippen LogP contribution in [0.5, 0.6) is 5.75 Å². The number of rotatable bonds is 3. The molecule has 1 aromatic heterocycles. The van der Waals surface area contributed by atoms with Gasteiger partial charge in [0.25, 0.3) is 15.5 Å². The van der Waals surface area contributed by atoms with E-state index in [1.165, 1.54) is 6.07 Å². The molecular weight excluding hydrogens is 278 g/mol. The molecule has 0 radical (unpaired) electrons. The van der Waals surface area contributed by atoms with Crippen LogP contribution in [0.25, 0.3) is 0 Å². The summed E-state index contributed by atoms with van der Waals surface area (Å²) in [5, 5.41) is 7.78. The van der Waals surface area contributed by atoms with Gasteiger partial charge < -0.3 is 4.74 Å². The van der Waals surface area contributed by atoms with Gasteiger partial charge in [-0.3, -0.25) is 0 Å². The van der Waals surface area contributed by atoms with E-state index in [0.717, 1.165) is 7.11 Å². The SMILES string of the molecule is COc1c(S(=O)(=O)Cl)ncc(C#N)c1C(F)F. The fraction of sp³-hybridized carbons (Fsp3) is 0.250. The van der Waals surface area contributed by atoms with E-state index < -0.39 is 37.4 Å². The van der Waals surface area contributed by atoms with Gasteiger partial charge in [0.2, 0.25) is 5.03 Å². The highest BCUT2D eigenvalue weighted by Crippen LogP contribution is 2.36. The molecule has 9 heteroatoms. The van der Waals surface area contributed by atoms with Crippen LogP contribution in [-0.4, -0.2) is 20.5 Å². The van der Waals surface area contributed by atoms with E-state index in [4.69, 9.17) is 15.9 Å². The van der Waals surface area contributed by atoms with Crippen molar-refractivity contribution in [2.24, 2.45) is 0 Å². The zero-order valence-corrected chi connectivity index (χ0v) is 9.89. The lowest BCUT2D eigenvalue weighted by molar-refractivity contribution is 0.145. The Bertz CT molecular complexity index is 583. The Morgan fingerprint density at radius 2 is 2.18 bits per heavy atom. The van der Waals surface area contributed by atoms with Crippen LogP contribution in [-0.2, 0) is 9.05 Å². The first-order valence-electron chi connectivity index (χ1n) is 4.02. The zero-order chi connectivity index (χ0) is 13.2. The van der Waals surface area contributed by atoms with Gasteiger partial charge in [0.1, 0.15) is 6.07 Å². The summed E-state index contributed by atoms with van der Waals surface area (Å²) in [5.41, 5.74) is -1.31. The highest BCUT2D eigenvalue weighted by atomic mass is 35.7. The lowest BCUT2D eigenvalue weighted by Gasteiger charge is -2.11. The van der Waals surface area contributed by atoms with Crippen LogP contribution in [0.15, 0.2) is 11.2 Å². The number of hydrogen-bond acceptors (Lipinski definition) is 5. The normalized spacial score (nSPS) is 11.3. The summed E-state index contributed by atoms with van der Waals surface area (Å²) < 4.78 is 52.2. The summed E-state index contributed by atoms with van der Waals surface area (Å²) in [4.78, 5) is 3.33. The highest BCUT2D eigenvalue weighted by molar-refractivity contribution is 8.13. The monoisotopic (exact) mass is 282 g/mol. The first-order chi connectivity index (χ1) is 7.82. The molecule has 0 saturated carbocycles. The van der Waals surface area contributed by atoms with E-state index in [9.17, 15) is 17.2 Å². The lowest BCUT2D eigenvalue weighted by Crippen LogP contribution is -2.05. The second-order valence-corrected chi connectivity index (χ2v) is 5.26. The topological polar surface area (TPSA) is 80.1 Å². The van der Waals surface area contributed by atoms with Crippen molar-refractivity contribution in [1.29, 1.82) is 5.26 Å². The molecule has 1 rings (SSSR count). The Kier molecular flexibility index (Phi) is 3.85. The van der Waals surface area contributed by atoms with Gasteiger partial charge in [-0.05, 0) is 0 Å². The minimum Gasteiger partial charge on any atom is -0.493 e. The summed E-state index contributed by atoms with van der Waals surface area (Å²) in [6.45, 7) is 0. The molecule has 0 spiro atoms. The van der Waals surface area contributed by atoms with Crippen molar-refractivity contribution < 1.29 is 21.9 Å².